The first-order chi connectivity index (χ1) is 21.1. The van der Waals surface area contributed by atoms with E-state index in [2.05, 4.69) is 38.2 Å². The number of para-hydroxylation sites is 1. The topological polar surface area (TPSA) is 132 Å². The van der Waals surface area contributed by atoms with Crippen molar-refractivity contribution in [3.8, 4) is 28.9 Å². The van der Waals surface area contributed by atoms with Gasteiger partial charge < -0.3 is 10.1 Å². The Bertz CT molecular complexity index is 2020. The smallest absolute Gasteiger partial charge is 0.316 e. The molecule has 1 atom stereocenters. The van der Waals surface area contributed by atoms with E-state index in [0.29, 0.717) is 63.5 Å². The van der Waals surface area contributed by atoms with Crippen molar-refractivity contribution in [2.24, 2.45) is 0 Å². The van der Waals surface area contributed by atoms with E-state index in [9.17, 15) is 10.1 Å². The standard InChI is InChI=1S/C33H28N8O2/c1-3-9-28(39-30-25-16-21(17-34)14-15-26(25)37-20-38-30)31-40-27-13-8-12-24(22-18-35-33(36-19-22)43-4-2)29(27)32(42)41(31)23-10-6-5-7-11-23/h5-8,10-16,18-20,28H,3-4,9H2,1-2H3,(H,37,38,39). The van der Waals surface area contributed by atoms with E-state index < -0.39 is 0 Å². The van der Waals surface area contributed by atoms with Gasteiger partial charge in [0.15, 0.2) is 0 Å². The molecule has 10 nitrogen and oxygen atoms in total. The molecule has 43 heavy (non-hydrogen) atoms. The van der Waals surface area contributed by atoms with E-state index in [-0.39, 0.29) is 17.6 Å². The van der Waals surface area contributed by atoms with Crippen LogP contribution in [0.15, 0.2) is 90.2 Å². The second-order valence-electron chi connectivity index (χ2n) is 9.88. The summed E-state index contributed by atoms with van der Waals surface area (Å²) in [6, 6.07) is 22.5. The van der Waals surface area contributed by atoms with Gasteiger partial charge in [0, 0.05) is 23.3 Å². The van der Waals surface area contributed by atoms with Crippen molar-refractivity contribution in [1.29, 1.82) is 5.26 Å². The highest BCUT2D eigenvalue weighted by Gasteiger charge is 2.24. The zero-order chi connectivity index (χ0) is 29.8. The van der Waals surface area contributed by atoms with Crippen LogP contribution in [0.5, 0.6) is 6.01 Å². The SMILES string of the molecule is CCCC(Nc1ncnc2ccc(C#N)cc12)c1nc2cccc(-c3cnc(OCC)nc3)c2c(=O)n1-c1ccccc1. The minimum atomic E-state index is -0.386. The minimum Gasteiger partial charge on any atom is -0.464 e. The zero-order valence-corrected chi connectivity index (χ0v) is 23.7. The summed E-state index contributed by atoms with van der Waals surface area (Å²) in [7, 11) is 0. The minimum absolute atomic E-state index is 0.210. The molecular formula is C33H28N8O2. The van der Waals surface area contributed by atoms with Gasteiger partial charge in [-0.3, -0.25) is 9.36 Å². The third kappa shape index (κ3) is 5.36. The van der Waals surface area contributed by atoms with Gasteiger partial charge in [0.2, 0.25) is 0 Å². The van der Waals surface area contributed by atoms with Gasteiger partial charge >= 0.3 is 6.01 Å². The van der Waals surface area contributed by atoms with Crippen LogP contribution in [-0.2, 0) is 0 Å². The van der Waals surface area contributed by atoms with Crippen LogP contribution in [0, 0.1) is 11.3 Å². The molecular weight excluding hydrogens is 540 g/mol. The molecule has 0 saturated heterocycles. The second kappa shape index (κ2) is 12.0. The second-order valence-corrected chi connectivity index (χ2v) is 9.88. The lowest BCUT2D eigenvalue weighted by Crippen LogP contribution is -2.29. The number of hydrogen-bond donors (Lipinski definition) is 1. The molecule has 0 amide bonds. The van der Waals surface area contributed by atoms with Crippen LogP contribution in [0.2, 0.25) is 0 Å². The van der Waals surface area contributed by atoms with Crippen LogP contribution in [-0.4, -0.2) is 36.1 Å². The van der Waals surface area contributed by atoms with E-state index >= 15 is 0 Å². The number of nitriles is 1. The van der Waals surface area contributed by atoms with Gasteiger partial charge in [0.05, 0.1) is 46.4 Å². The Labute approximate surface area is 247 Å². The first-order valence-corrected chi connectivity index (χ1v) is 14.1. The first kappa shape index (κ1) is 27.5. The Kier molecular flexibility index (Phi) is 7.70. The average Bonchev–Trinajstić information content (AvgIpc) is 3.05. The van der Waals surface area contributed by atoms with E-state index in [1.54, 1.807) is 35.2 Å². The molecule has 0 aliphatic carbocycles. The predicted octanol–water partition coefficient (Wildman–Crippen LogP) is 6.01. The molecule has 0 spiro atoms. The Hall–Kier alpha value is -5.69. The maximum Gasteiger partial charge on any atom is 0.316 e. The number of fused-ring (bicyclic) bond motifs is 2. The third-order valence-corrected chi connectivity index (χ3v) is 7.11. The number of anilines is 1. The summed E-state index contributed by atoms with van der Waals surface area (Å²) < 4.78 is 7.07. The number of benzene rings is 3. The molecule has 1 unspecified atom stereocenters. The number of rotatable bonds is 9. The normalized spacial score (nSPS) is 11.7. The molecule has 212 valence electrons. The van der Waals surface area contributed by atoms with Crippen LogP contribution < -0.4 is 15.6 Å². The molecule has 0 aliphatic heterocycles. The van der Waals surface area contributed by atoms with E-state index in [1.807, 2.05) is 55.5 Å². The van der Waals surface area contributed by atoms with Crippen molar-refractivity contribution in [3.63, 3.8) is 0 Å². The molecule has 0 bridgehead atoms. The van der Waals surface area contributed by atoms with Gasteiger partial charge in [0.1, 0.15) is 18.0 Å². The number of ether oxygens (including phenoxy) is 1. The van der Waals surface area contributed by atoms with Gasteiger partial charge in [-0.2, -0.15) is 5.26 Å². The van der Waals surface area contributed by atoms with Gasteiger partial charge in [-0.15, -0.1) is 0 Å². The predicted molar refractivity (Wildman–Crippen MR) is 165 cm³/mol. The molecule has 0 aliphatic rings. The van der Waals surface area contributed by atoms with Gasteiger partial charge in [-0.1, -0.05) is 43.7 Å². The summed E-state index contributed by atoms with van der Waals surface area (Å²) in [5.41, 5.74) is 3.62. The zero-order valence-electron chi connectivity index (χ0n) is 23.7. The van der Waals surface area contributed by atoms with Crippen LogP contribution in [0.3, 0.4) is 0 Å². The molecule has 0 saturated carbocycles. The molecule has 6 rings (SSSR count). The van der Waals surface area contributed by atoms with Crippen molar-refractivity contribution < 1.29 is 4.74 Å². The highest BCUT2D eigenvalue weighted by Crippen LogP contribution is 2.31. The summed E-state index contributed by atoms with van der Waals surface area (Å²) >= 11 is 0. The summed E-state index contributed by atoms with van der Waals surface area (Å²) in [6.07, 6.45) is 6.29. The maximum atomic E-state index is 14.5. The maximum absolute atomic E-state index is 14.5. The Morgan fingerprint density at radius 2 is 1.77 bits per heavy atom. The Morgan fingerprint density at radius 1 is 0.953 bits per heavy atom. The average molecular weight is 569 g/mol. The molecule has 1 N–H and O–H groups in total. The fourth-order valence-corrected chi connectivity index (χ4v) is 5.17. The first-order valence-electron chi connectivity index (χ1n) is 14.1. The molecule has 3 aromatic carbocycles. The summed E-state index contributed by atoms with van der Waals surface area (Å²) in [6.45, 7) is 4.41. The summed E-state index contributed by atoms with van der Waals surface area (Å²) in [5.74, 6) is 1.11. The Morgan fingerprint density at radius 3 is 2.51 bits per heavy atom. The monoisotopic (exact) mass is 568 g/mol. The molecule has 3 heterocycles. The number of hydrogen-bond acceptors (Lipinski definition) is 9. The molecule has 0 radical (unpaired) electrons. The highest BCUT2D eigenvalue weighted by atomic mass is 16.5. The highest BCUT2D eigenvalue weighted by molar-refractivity contribution is 5.94. The Balaban J connectivity index is 1.56. The summed E-state index contributed by atoms with van der Waals surface area (Å²) in [5, 5.41) is 14.2. The van der Waals surface area contributed by atoms with Crippen molar-refractivity contribution in [2.75, 3.05) is 11.9 Å². The van der Waals surface area contributed by atoms with Gasteiger partial charge in [-0.25, -0.2) is 24.9 Å². The summed E-state index contributed by atoms with van der Waals surface area (Å²) in [4.78, 5) is 37.2. The van der Waals surface area contributed by atoms with Crippen molar-refractivity contribution in [1.82, 2.24) is 29.5 Å². The fourth-order valence-electron chi connectivity index (χ4n) is 5.17. The van der Waals surface area contributed by atoms with Gasteiger partial charge in [-0.05, 0) is 55.3 Å². The molecule has 10 heteroatoms. The largest absolute Gasteiger partial charge is 0.464 e. The molecule has 0 fully saturated rings. The lowest BCUT2D eigenvalue weighted by molar-refractivity contribution is 0.312. The van der Waals surface area contributed by atoms with Crippen LogP contribution in [0.4, 0.5) is 5.82 Å². The number of nitrogens with one attached hydrogen (secondary N) is 1. The molecule has 3 aromatic heterocycles. The van der Waals surface area contributed by atoms with Gasteiger partial charge in [0.25, 0.3) is 5.56 Å². The van der Waals surface area contributed by atoms with Crippen LogP contribution in [0.1, 0.15) is 44.1 Å². The van der Waals surface area contributed by atoms with E-state index in [4.69, 9.17) is 9.72 Å². The van der Waals surface area contributed by atoms with Crippen molar-refractivity contribution >= 4 is 27.6 Å². The van der Waals surface area contributed by atoms with Crippen molar-refractivity contribution in [3.05, 3.63) is 107 Å². The van der Waals surface area contributed by atoms with Crippen LogP contribution in [0.25, 0.3) is 38.6 Å². The molecule has 6 aromatic rings. The van der Waals surface area contributed by atoms with Crippen molar-refractivity contribution in [2.45, 2.75) is 32.7 Å². The number of nitrogens with zero attached hydrogens (tertiary/aromatic N) is 7. The van der Waals surface area contributed by atoms with E-state index in [0.717, 1.165) is 11.8 Å². The van der Waals surface area contributed by atoms with Crippen LogP contribution >= 0.6 is 0 Å². The fraction of sp³-hybridized carbons (Fsp3) is 0.182. The third-order valence-electron chi connectivity index (χ3n) is 7.11. The quantitative estimate of drug-likeness (QED) is 0.223. The number of aromatic nitrogens is 6. The lowest BCUT2D eigenvalue weighted by atomic mass is 10.0. The lowest BCUT2D eigenvalue weighted by Gasteiger charge is -2.24. The van der Waals surface area contributed by atoms with E-state index in [1.165, 1.54) is 6.33 Å².